The molecule has 0 amide bonds. The van der Waals surface area contributed by atoms with Crippen LogP contribution in [0.15, 0.2) is 0 Å². The number of nitrogens with zero attached hydrogens (tertiary/aromatic N) is 3. The van der Waals surface area contributed by atoms with Gasteiger partial charge in [-0.1, -0.05) is 5.21 Å². The summed E-state index contributed by atoms with van der Waals surface area (Å²) in [6, 6.07) is 0. The number of ether oxygens (including phenoxy) is 1. The third-order valence-corrected chi connectivity index (χ3v) is 2.94. The first-order chi connectivity index (χ1) is 7.27. The van der Waals surface area contributed by atoms with Gasteiger partial charge in [-0.25, -0.2) is 4.68 Å². The first kappa shape index (κ1) is 10.4. The molecular weight excluding hydrogens is 192 g/mol. The van der Waals surface area contributed by atoms with Gasteiger partial charge in [0.05, 0.1) is 11.8 Å². The topological polar surface area (TPSA) is 66.0 Å². The lowest BCUT2D eigenvalue weighted by Gasteiger charge is -2.08. The molecule has 1 fully saturated rings. The van der Waals surface area contributed by atoms with Gasteiger partial charge in [0.1, 0.15) is 0 Å². The highest BCUT2D eigenvalue weighted by molar-refractivity contribution is 5.31. The molecule has 15 heavy (non-hydrogen) atoms. The Kier molecular flexibility index (Phi) is 3.20. The summed E-state index contributed by atoms with van der Waals surface area (Å²) in [4.78, 5) is 0. The second-order valence-electron chi connectivity index (χ2n) is 4.06. The first-order valence-electron chi connectivity index (χ1n) is 5.54. The van der Waals surface area contributed by atoms with Gasteiger partial charge in [-0.05, 0) is 32.6 Å². The summed E-state index contributed by atoms with van der Waals surface area (Å²) in [7, 11) is 0. The number of rotatable bonds is 4. The molecule has 5 heteroatoms. The molecule has 0 saturated carbocycles. The van der Waals surface area contributed by atoms with E-state index in [2.05, 4.69) is 10.3 Å². The highest BCUT2D eigenvalue weighted by atomic mass is 16.5. The fraction of sp³-hybridized carbons (Fsp3) is 0.800. The average molecular weight is 210 g/mol. The second kappa shape index (κ2) is 4.61. The Morgan fingerprint density at radius 1 is 1.60 bits per heavy atom. The summed E-state index contributed by atoms with van der Waals surface area (Å²) in [5, 5.41) is 7.81. The zero-order chi connectivity index (χ0) is 10.7. The normalized spacial score (nSPS) is 21.0. The Morgan fingerprint density at radius 2 is 2.47 bits per heavy atom. The molecule has 1 aliphatic rings. The van der Waals surface area contributed by atoms with Crippen molar-refractivity contribution in [3.05, 3.63) is 5.69 Å². The molecule has 1 unspecified atom stereocenters. The van der Waals surface area contributed by atoms with Crippen LogP contribution in [-0.4, -0.2) is 27.7 Å². The van der Waals surface area contributed by atoms with E-state index < -0.39 is 0 Å². The number of nitrogen functional groups attached to an aromatic ring is 1. The Bertz CT molecular complexity index is 317. The van der Waals surface area contributed by atoms with Crippen molar-refractivity contribution >= 4 is 5.82 Å². The van der Waals surface area contributed by atoms with Crippen molar-refractivity contribution < 1.29 is 4.74 Å². The van der Waals surface area contributed by atoms with Gasteiger partial charge < -0.3 is 10.5 Å². The Balaban J connectivity index is 1.75. The molecule has 1 aromatic heterocycles. The van der Waals surface area contributed by atoms with Crippen LogP contribution in [0.2, 0.25) is 0 Å². The summed E-state index contributed by atoms with van der Waals surface area (Å²) in [5.74, 6) is 0.534. The van der Waals surface area contributed by atoms with Gasteiger partial charge in [-0.3, -0.25) is 0 Å². The zero-order valence-electron chi connectivity index (χ0n) is 9.15. The van der Waals surface area contributed by atoms with Gasteiger partial charge in [-0.15, -0.1) is 5.10 Å². The molecule has 1 atom stereocenters. The molecule has 0 bridgehead atoms. The van der Waals surface area contributed by atoms with Crippen molar-refractivity contribution in [2.75, 3.05) is 12.3 Å². The standard InChI is InChI=1S/C10H18N4O/c1-8-10(11)12-13-14(8)6-2-4-9-5-3-7-15-9/h9H,2-7,11H2,1H3. The van der Waals surface area contributed by atoms with Crippen LogP contribution >= 0.6 is 0 Å². The van der Waals surface area contributed by atoms with Gasteiger partial charge in [0.25, 0.3) is 0 Å². The summed E-state index contributed by atoms with van der Waals surface area (Å²) in [6.07, 6.45) is 5.07. The minimum absolute atomic E-state index is 0.464. The van der Waals surface area contributed by atoms with E-state index in [1.165, 1.54) is 12.8 Å². The number of hydrogen-bond acceptors (Lipinski definition) is 4. The van der Waals surface area contributed by atoms with Crippen LogP contribution in [-0.2, 0) is 11.3 Å². The van der Waals surface area contributed by atoms with E-state index in [0.29, 0.717) is 11.9 Å². The molecular formula is C10H18N4O. The molecule has 0 spiro atoms. The van der Waals surface area contributed by atoms with Crippen LogP contribution < -0.4 is 5.73 Å². The molecule has 2 rings (SSSR count). The van der Waals surface area contributed by atoms with Crippen LogP contribution in [0, 0.1) is 6.92 Å². The smallest absolute Gasteiger partial charge is 0.168 e. The van der Waals surface area contributed by atoms with E-state index in [9.17, 15) is 0 Å². The minimum Gasteiger partial charge on any atom is -0.381 e. The fourth-order valence-electron chi connectivity index (χ4n) is 1.93. The van der Waals surface area contributed by atoms with Gasteiger partial charge in [0, 0.05) is 13.2 Å². The van der Waals surface area contributed by atoms with E-state index in [-0.39, 0.29) is 0 Å². The molecule has 0 radical (unpaired) electrons. The number of nitrogens with two attached hydrogens (primary N) is 1. The molecule has 2 N–H and O–H groups in total. The van der Waals surface area contributed by atoms with E-state index in [4.69, 9.17) is 10.5 Å². The van der Waals surface area contributed by atoms with Crippen LogP contribution in [0.1, 0.15) is 31.4 Å². The van der Waals surface area contributed by atoms with Crippen molar-refractivity contribution in [3.63, 3.8) is 0 Å². The maximum absolute atomic E-state index is 5.62. The Labute approximate surface area is 89.6 Å². The quantitative estimate of drug-likeness (QED) is 0.809. The maximum atomic E-state index is 5.62. The summed E-state index contributed by atoms with van der Waals surface area (Å²) < 4.78 is 7.42. The van der Waals surface area contributed by atoms with Gasteiger partial charge in [0.2, 0.25) is 0 Å². The summed E-state index contributed by atoms with van der Waals surface area (Å²) >= 11 is 0. The van der Waals surface area contributed by atoms with E-state index >= 15 is 0 Å². The average Bonchev–Trinajstić information content (AvgIpc) is 2.83. The monoisotopic (exact) mass is 210 g/mol. The lowest BCUT2D eigenvalue weighted by molar-refractivity contribution is 0.101. The van der Waals surface area contributed by atoms with E-state index in [0.717, 1.165) is 31.7 Å². The highest BCUT2D eigenvalue weighted by Gasteiger charge is 2.15. The summed E-state index contributed by atoms with van der Waals surface area (Å²) in [5.41, 5.74) is 6.58. The van der Waals surface area contributed by atoms with Gasteiger partial charge in [-0.2, -0.15) is 0 Å². The molecule has 1 aromatic rings. The SMILES string of the molecule is Cc1c(N)nnn1CCCC1CCCO1. The number of anilines is 1. The largest absolute Gasteiger partial charge is 0.381 e. The predicted molar refractivity (Wildman–Crippen MR) is 57.4 cm³/mol. The fourth-order valence-corrected chi connectivity index (χ4v) is 1.93. The third kappa shape index (κ3) is 2.47. The lowest BCUT2D eigenvalue weighted by atomic mass is 10.1. The van der Waals surface area contributed by atoms with Crippen LogP contribution in [0.5, 0.6) is 0 Å². The molecule has 0 aliphatic carbocycles. The van der Waals surface area contributed by atoms with E-state index in [1.807, 2.05) is 11.6 Å². The predicted octanol–water partition coefficient (Wildman–Crippen LogP) is 1.13. The molecule has 0 aromatic carbocycles. The van der Waals surface area contributed by atoms with Crippen molar-refractivity contribution in [2.24, 2.45) is 0 Å². The van der Waals surface area contributed by atoms with Gasteiger partial charge in [0.15, 0.2) is 5.82 Å². The van der Waals surface area contributed by atoms with Crippen molar-refractivity contribution in [1.29, 1.82) is 0 Å². The van der Waals surface area contributed by atoms with Gasteiger partial charge >= 0.3 is 0 Å². The Morgan fingerprint density at radius 3 is 3.07 bits per heavy atom. The first-order valence-corrected chi connectivity index (χ1v) is 5.54. The van der Waals surface area contributed by atoms with Crippen molar-refractivity contribution in [1.82, 2.24) is 15.0 Å². The Hall–Kier alpha value is -1.10. The molecule has 5 nitrogen and oxygen atoms in total. The van der Waals surface area contributed by atoms with Crippen LogP contribution in [0.4, 0.5) is 5.82 Å². The number of hydrogen-bond donors (Lipinski definition) is 1. The van der Waals surface area contributed by atoms with Crippen molar-refractivity contribution in [3.8, 4) is 0 Å². The van der Waals surface area contributed by atoms with Crippen molar-refractivity contribution in [2.45, 2.75) is 45.3 Å². The minimum atomic E-state index is 0.464. The zero-order valence-corrected chi connectivity index (χ0v) is 9.15. The highest BCUT2D eigenvalue weighted by Crippen LogP contribution is 2.17. The van der Waals surface area contributed by atoms with Crippen LogP contribution in [0.3, 0.4) is 0 Å². The van der Waals surface area contributed by atoms with Crippen LogP contribution in [0.25, 0.3) is 0 Å². The molecule has 2 heterocycles. The number of aromatic nitrogens is 3. The molecule has 1 aliphatic heterocycles. The molecule has 1 saturated heterocycles. The molecule has 84 valence electrons. The second-order valence-corrected chi connectivity index (χ2v) is 4.06. The third-order valence-electron chi connectivity index (χ3n) is 2.94. The number of aryl methyl sites for hydroxylation is 1. The maximum Gasteiger partial charge on any atom is 0.168 e. The summed E-state index contributed by atoms with van der Waals surface area (Å²) in [6.45, 7) is 3.76. The lowest BCUT2D eigenvalue weighted by Crippen LogP contribution is -2.09. The van der Waals surface area contributed by atoms with E-state index in [1.54, 1.807) is 0 Å².